The highest BCUT2D eigenvalue weighted by atomic mass is 16.5. The predicted octanol–water partition coefficient (Wildman–Crippen LogP) is 2.43. The van der Waals surface area contributed by atoms with Gasteiger partial charge in [0.25, 0.3) is 5.56 Å². The smallest absolute Gasteiger partial charge is 0.290 e. The number of aromatic amines is 2. The Morgan fingerprint density at radius 1 is 1.09 bits per heavy atom. The van der Waals surface area contributed by atoms with Gasteiger partial charge in [-0.2, -0.15) is 0 Å². The molecule has 0 saturated heterocycles. The van der Waals surface area contributed by atoms with Gasteiger partial charge in [-0.1, -0.05) is 24.3 Å². The van der Waals surface area contributed by atoms with Crippen LogP contribution < -0.4 is 10.3 Å². The van der Waals surface area contributed by atoms with Crippen molar-refractivity contribution in [3.63, 3.8) is 0 Å². The van der Waals surface area contributed by atoms with Crippen molar-refractivity contribution in [3.8, 4) is 28.5 Å². The number of benzene rings is 2. The first-order valence-corrected chi connectivity index (χ1v) is 6.77. The number of imidazole rings is 1. The predicted molar refractivity (Wildman–Crippen MR) is 83.1 cm³/mol. The van der Waals surface area contributed by atoms with Crippen molar-refractivity contribution in [1.29, 1.82) is 0 Å². The van der Waals surface area contributed by atoms with E-state index in [9.17, 15) is 4.79 Å². The number of aromatic nitrogens is 4. The van der Waals surface area contributed by atoms with E-state index >= 15 is 0 Å². The van der Waals surface area contributed by atoms with Crippen molar-refractivity contribution in [1.82, 2.24) is 20.2 Å². The summed E-state index contributed by atoms with van der Waals surface area (Å²) in [5.41, 5.74) is 1.30. The molecule has 0 spiro atoms. The summed E-state index contributed by atoms with van der Waals surface area (Å²) in [5.74, 6) is 1.15. The lowest BCUT2D eigenvalue weighted by molar-refractivity contribution is 0.417. The van der Waals surface area contributed by atoms with E-state index in [1.165, 1.54) is 0 Å². The van der Waals surface area contributed by atoms with Crippen LogP contribution in [0.4, 0.5) is 0 Å². The second-order valence-corrected chi connectivity index (χ2v) is 4.92. The molecule has 0 bridgehead atoms. The average molecular weight is 292 g/mol. The fourth-order valence-electron chi connectivity index (χ4n) is 2.54. The minimum atomic E-state index is -0.295. The fraction of sp³-hybridized carbons (Fsp3) is 0.0625. The van der Waals surface area contributed by atoms with Crippen molar-refractivity contribution >= 4 is 10.8 Å². The van der Waals surface area contributed by atoms with Gasteiger partial charge in [-0.25, -0.2) is 9.97 Å². The van der Waals surface area contributed by atoms with Gasteiger partial charge in [0.1, 0.15) is 11.4 Å². The molecule has 0 fully saturated rings. The highest BCUT2D eigenvalue weighted by Crippen LogP contribution is 2.33. The van der Waals surface area contributed by atoms with Crippen LogP contribution in [-0.4, -0.2) is 27.3 Å². The van der Waals surface area contributed by atoms with Gasteiger partial charge in [-0.15, -0.1) is 0 Å². The zero-order valence-electron chi connectivity index (χ0n) is 11.8. The third-order valence-corrected chi connectivity index (χ3v) is 3.61. The van der Waals surface area contributed by atoms with Crippen LogP contribution in [-0.2, 0) is 0 Å². The topological polar surface area (TPSA) is 83.7 Å². The first kappa shape index (κ1) is 12.6. The number of hydrogen-bond donors (Lipinski definition) is 2. The molecule has 0 unspecified atom stereocenters. The Bertz CT molecular complexity index is 1000. The lowest BCUT2D eigenvalue weighted by atomic mass is 10.1. The Morgan fingerprint density at radius 2 is 1.86 bits per heavy atom. The molecule has 108 valence electrons. The van der Waals surface area contributed by atoms with E-state index in [1.807, 2.05) is 36.4 Å². The third kappa shape index (κ3) is 1.85. The van der Waals surface area contributed by atoms with Crippen molar-refractivity contribution < 1.29 is 4.74 Å². The number of fused-ring (bicyclic) bond motifs is 2. The highest BCUT2D eigenvalue weighted by Gasteiger charge is 2.18. The van der Waals surface area contributed by atoms with Crippen LogP contribution >= 0.6 is 0 Å². The van der Waals surface area contributed by atoms with Crippen LogP contribution in [0.15, 0.2) is 47.4 Å². The summed E-state index contributed by atoms with van der Waals surface area (Å²) in [7, 11) is 1.61. The number of nitrogens with zero attached hydrogens (tertiary/aromatic N) is 2. The zero-order valence-corrected chi connectivity index (χ0v) is 11.8. The number of H-pyrrole nitrogens is 2. The maximum absolute atomic E-state index is 11.8. The van der Waals surface area contributed by atoms with Gasteiger partial charge >= 0.3 is 0 Å². The molecule has 2 aromatic carbocycles. The molecule has 0 saturated carbocycles. The van der Waals surface area contributed by atoms with E-state index in [1.54, 1.807) is 13.3 Å². The van der Waals surface area contributed by atoms with Crippen LogP contribution in [0.1, 0.15) is 0 Å². The molecule has 0 aromatic heterocycles. The summed E-state index contributed by atoms with van der Waals surface area (Å²) in [5, 5.41) is 7.28. The molecule has 2 aliphatic rings. The molecule has 0 amide bonds. The summed E-state index contributed by atoms with van der Waals surface area (Å²) in [6.07, 6.45) is 1.61. The Morgan fingerprint density at radius 3 is 2.59 bits per heavy atom. The largest absolute Gasteiger partial charge is 0.496 e. The number of ether oxygens (including phenoxy) is 1. The van der Waals surface area contributed by atoms with Crippen LogP contribution in [0, 0.1) is 0 Å². The summed E-state index contributed by atoms with van der Waals surface area (Å²) in [6.45, 7) is 0. The molecule has 0 atom stereocenters. The maximum Gasteiger partial charge on any atom is 0.290 e. The Balaban J connectivity index is 2.01. The average Bonchev–Trinajstić information content (AvgIpc) is 2.99. The summed E-state index contributed by atoms with van der Waals surface area (Å²) < 4.78 is 5.46. The van der Waals surface area contributed by atoms with Crippen LogP contribution in [0.25, 0.3) is 33.5 Å². The van der Waals surface area contributed by atoms with E-state index in [0.29, 0.717) is 23.0 Å². The number of hydrogen-bond acceptors (Lipinski definition) is 4. The van der Waals surface area contributed by atoms with Crippen molar-refractivity contribution in [2.75, 3.05) is 7.11 Å². The summed E-state index contributed by atoms with van der Waals surface area (Å²) in [6, 6.07) is 11.9. The highest BCUT2D eigenvalue weighted by molar-refractivity contribution is 5.90. The first-order chi connectivity index (χ1) is 10.8. The molecular formula is C16H12N4O2. The fourth-order valence-corrected chi connectivity index (χ4v) is 2.54. The van der Waals surface area contributed by atoms with Gasteiger partial charge in [0, 0.05) is 6.20 Å². The number of rotatable bonds is 2. The molecule has 2 heterocycles. The molecular weight excluding hydrogens is 280 g/mol. The van der Waals surface area contributed by atoms with Gasteiger partial charge in [-0.05, 0) is 22.9 Å². The number of methoxy groups -OCH3 is 1. The maximum atomic E-state index is 11.8. The second kappa shape index (κ2) is 4.70. The van der Waals surface area contributed by atoms with Crippen molar-refractivity contribution in [2.24, 2.45) is 0 Å². The van der Waals surface area contributed by atoms with Crippen molar-refractivity contribution in [2.45, 2.75) is 0 Å². The SMILES string of the molecule is COc1cc2ccccc2cc1-c1nc2c[nH][nH]c(=O)c-2n1. The molecule has 6 heteroatoms. The normalized spacial score (nSPS) is 11.1. The monoisotopic (exact) mass is 292 g/mol. The molecule has 4 rings (SSSR count). The molecule has 0 aliphatic carbocycles. The first-order valence-electron chi connectivity index (χ1n) is 6.77. The lowest BCUT2D eigenvalue weighted by Crippen LogP contribution is -2.10. The van der Waals surface area contributed by atoms with Gasteiger partial charge in [0.05, 0.1) is 12.7 Å². The third-order valence-electron chi connectivity index (χ3n) is 3.61. The molecule has 6 nitrogen and oxygen atoms in total. The van der Waals surface area contributed by atoms with Gasteiger partial charge in [-0.3, -0.25) is 9.89 Å². The quantitative estimate of drug-likeness (QED) is 0.594. The van der Waals surface area contributed by atoms with Gasteiger partial charge in [0.15, 0.2) is 11.5 Å². The summed E-state index contributed by atoms with van der Waals surface area (Å²) in [4.78, 5) is 20.5. The minimum absolute atomic E-state index is 0.295. The van der Waals surface area contributed by atoms with Gasteiger partial charge in [0.2, 0.25) is 0 Å². The standard InChI is InChI=1S/C16H12N4O2/c1-22-13-7-10-5-3-2-4-9(10)6-11(13)15-18-12-8-17-20-16(21)14(12)19-15/h2-8,17H,1H3,(H,20,21). The molecule has 2 N–H and O–H groups in total. The van der Waals surface area contributed by atoms with Crippen LogP contribution in [0.2, 0.25) is 0 Å². The van der Waals surface area contributed by atoms with Crippen LogP contribution in [0.3, 0.4) is 0 Å². The molecule has 0 radical (unpaired) electrons. The zero-order chi connectivity index (χ0) is 15.1. The molecule has 22 heavy (non-hydrogen) atoms. The lowest BCUT2D eigenvalue weighted by Gasteiger charge is -2.07. The summed E-state index contributed by atoms with van der Waals surface area (Å²) >= 11 is 0. The van der Waals surface area contributed by atoms with E-state index in [0.717, 1.165) is 16.3 Å². The van der Waals surface area contributed by atoms with Gasteiger partial charge < -0.3 is 9.84 Å². The molecule has 2 aromatic rings. The Labute approximate surface area is 125 Å². The molecule has 2 aliphatic heterocycles. The Hall–Kier alpha value is -3.15. The van der Waals surface area contributed by atoms with E-state index in [2.05, 4.69) is 20.2 Å². The van der Waals surface area contributed by atoms with Crippen molar-refractivity contribution in [3.05, 3.63) is 52.9 Å². The minimum Gasteiger partial charge on any atom is -0.496 e. The van der Waals surface area contributed by atoms with E-state index in [-0.39, 0.29) is 5.56 Å². The van der Waals surface area contributed by atoms with E-state index in [4.69, 9.17) is 4.74 Å². The number of nitrogens with one attached hydrogen (secondary N) is 2. The van der Waals surface area contributed by atoms with Crippen LogP contribution in [0.5, 0.6) is 5.75 Å². The van der Waals surface area contributed by atoms with E-state index < -0.39 is 0 Å². The Kier molecular flexibility index (Phi) is 2.69. The second-order valence-electron chi connectivity index (χ2n) is 4.92.